The minimum Gasteiger partial charge on any atom is -0.374 e. The summed E-state index contributed by atoms with van der Waals surface area (Å²) in [6, 6.07) is 8.27. The summed E-state index contributed by atoms with van der Waals surface area (Å²) in [5.41, 5.74) is 1.41. The molecule has 0 aliphatic heterocycles. The van der Waals surface area contributed by atoms with Gasteiger partial charge in [0.15, 0.2) is 0 Å². The minimum absolute atomic E-state index is 0.0642. The molecule has 0 unspecified atom stereocenters. The van der Waals surface area contributed by atoms with Gasteiger partial charge in [0.25, 0.3) is 0 Å². The topological polar surface area (TPSA) is 41.1 Å². The smallest absolute Gasteiger partial charge is 0.243 e. The Balaban J connectivity index is 1.97. The summed E-state index contributed by atoms with van der Waals surface area (Å²) in [6.07, 6.45) is 0. The van der Waals surface area contributed by atoms with Crippen LogP contribution in [0, 0.1) is 18.6 Å². The van der Waals surface area contributed by atoms with Gasteiger partial charge in [0.1, 0.15) is 11.6 Å². The zero-order valence-corrected chi connectivity index (χ0v) is 12.0. The summed E-state index contributed by atoms with van der Waals surface area (Å²) in [7, 11) is 0. The van der Waals surface area contributed by atoms with Gasteiger partial charge >= 0.3 is 0 Å². The molecule has 0 fully saturated rings. The number of benzene rings is 2. The minimum atomic E-state index is -0.748. The molecule has 110 valence electrons. The van der Waals surface area contributed by atoms with Crippen molar-refractivity contribution in [3.05, 3.63) is 58.6 Å². The van der Waals surface area contributed by atoms with Crippen LogP contribution in [0.15, 0.2) is 36.4 Å². The van der Waals surface area contributed by atoms with Crippen molar-refractivity contribution in [1.29, 1.82) is 0 Å². The number of halogens is 3. The average Bonchev–Trinajstić information content (AvgIpc) is 2.43. The molecule has 0 saturated heterocycles. The molecule has 0 heterocycles. The molecule has 0 aliphatic carbocycles. The van der Waals surface area contributed by atoms with Crippen LogP contribution in [0.3, 0.4) is 0 Å². The molecule has 3 nitrogen and oxygen atoms in total. The van der Waals surface area contributed by atoms with E-state index in [2.05, 4.69) is 10.6 Å². The average molecular weight is 311 g/mol. The molecule has 0 atom stereocenters. The van der Waals surface area contributed by atoms with Gasteiger partial charge in [0.05, 0.1) is 12.2 Å². The summed E-state index contributed by atoms with van der Waals surface area (Å²) in [6.45, 7) is 1.64. The van der Waals surface area contributed by atoms with Crippen molar-refractivity contribution in [2.75, 3.05) is 17.2 Å². The highest BCUT2D eigenvalue weighted by Crippen LogP contribution is 2.22. The molecule has 0 spiro atoms. The first-order valence-corrected chi connectivity index (χ1v) is 6.59. The Bertz CT molecular complexity index is 677. The van der Waals surface area contributed by atoms with E-state index in [1.807, 2.05) is 0 Å². The van der Waals surface area contributed by atoms with Crippen molar-refractivity contribution >= 4 is 28.9 Å². The summed E-state index contributed by atoms with van der Waals surface area (Å²) >= 11 is 5.95. The number of rotatable bonds is 4. The molecule has 2 rings (SSSR count). The number of anilines is 2. The molecule has 0 radical (unpaired) electrons. The second-order valence-electron chi connectivity index (χ2n) is 4.44. The van der Waals surface area contributed by atoms with Gasteiger partial charge in [-0.2, -0.15) is 0 Å². The fourth-order valence-corrected chi connectivity index (χ4v) is 1.92. The third-order valence-corrected chi connectivity index (χ3v) is 3.32. The van der Waals surface area contributed by atoms with E-state index in [4.69, 9.17) is 11.6 Å². The van der Waals surface area contributed by atoms with E-state index in [-0.39, 0.29) is 18.1 Å². The Hall–Kier alpha value is -2.14. The fraction of sp³-hybridized carbons (Fsp3) is 0.133. The van der Waals surface area contributed by atoms with E-state index < -0.39 is 11.6 Å². The molecule has 6 heteroatoms. The SMILES string of the molecule is Cc1c(Cl)cccc1NC(=O)CNc1ccc(F)cc1F. The third kappa shape index (κ3) is 3.92. The molecule has 0 aliphatic rings. The second kappa shape index (κ2) is 6.54. The van der Waals surface area contributed by atoms with E-state index in [1.54, 1.807) is 25.1 Å². The predicted octanol–water partition coefficient (Wildman–Crippen LogP) is 3.98. The maximum Gasteiger partial charge on any atom is 0.243 e. The molecular formula is C15H13ClF2N2O. The van der Waals surface area contributed by atoms with Crippen LogP contribution in [0.5, 0.6) is 0 Å². The third-order valence-electron chi connectivity index (χ3n) is 2.91. The highest BCUT2D eigenvalue weighted by atomic mass is 35.5. The van der Waals surface area contributed by atoms with Gasteiger partial charge in [-0.3, -0.25) is 4.79 Å². The largest absolute Gasteiger partial charge is 0.374 e. The zero-order chi connectivity index (χ0) is 15.4. The van der Waals surface area contributed by atoms with Crippen molar-refractivity contribution in [2.24, 2.45) is 0 Å². The maximum absolute atomic E-state index is 13.4. The van der Waals surface area contributed by atoms with E-state index in [1.165, 1.54) is 6.07 Å². The first-order valence-electron chi connectivity index (χ1n) is 6.21. The maximum atomic E-state index is 13.4. The van der Waals surface area contributed by atoms with Crippen LogP contribution in [0.2, 0.25) is 5.02 Å². The Morgan fingerprint density at radius 1 is 1.19 bits per heavy atom. The van der Waals surface area contributed by atoms with Crippen molar-refractivity contribution < 1.29 is 13.6 Å². The highest BCUT2D eigenvalue weighted by Gasteiger charge is 2.08. The highest BCUT2D eigenvalue weighted by molar-refractivity contribution is 6.31. The second-order valence-corrected chi connectivity index (χ2v) is 4.85. The monoisotopic (exact) mass is 310 g/mol. The number of carbonyl (C=O) groups is 1. The lowest BCUT2D eigenvalue weighted by atomic mass is 10.2. The Kier molecular flexibility index (Phi) is 4.75. The predicted molar refractivity (Wildman–Crippen MR) is 79.7 cm³/mol. The van der Waals surface area contributed by atoms with Gasteiger partial charge in [-0.25, -0.2) is 8.78 Å². The van der Waals surface area contributed by atoms with Gasteiger partial charge in [0, 0.05) is 16.8 Å². The van der Waals surface area contributed by atoms with Gasteiger partial charge in [-0.1, -0.05) is 17.7 Å². The summed E-state index contributed by atoms with van der Waals surface area (Å²) in [5.74, 6) is -1.78. The zero-order valence-electron chi connectivity index (χ0n) is 11.2. The summed E-state index contributed by atoms with van der Waals surface area (Å²) in [4.78, 5) is 11.8. The molecule has 2 aromatic rings. The van der Waals surface area contributed by atoms with Crippen molar-refractivity contribution in [2.45, 2.75) is 6.92 Å². The summed E-state index contributed by atoms with van der Waals surface area (Å²) in [5, 5.41) is 5.82. The Labute approximate surface area is 125 Å². The number of hydrogen-bond acceptors (Lipinski definition) is 2. The van der Waals surface area contributed by atoms with Crippen LogP contribution in [-0.4, -0.2) is 12.5 Å². The van der Waals surface area contributed by atoms with Crippen molar-refractivity contribution in [3.63, 3.8) is 0 Å². The normalized spacial score (nSPS) is 10.3. The van der Waals surface area contributed by atoms with Crippen molar-refractivity contribution in [1.82, 2.24) is 0 Å². The molecule has 1 amide bonds. The molecule has 0 saturated carbocycles. The van der Waals surface area contributed by atoms with Gasteiger partial charge in [-0.15, -0.1) is 0 Å². The first kappa shape index (κ1) is 15.3. The molecular weight excluding hydrogens is 298 g/mol. The molecule has 2 N–H and O–H groups in total. The van der Waals surface area contributed by atoms with Crippen LogP contribution in [0.25, 0.3) is 0 Å². The standard InChI is InChI=1S/C15H13ClF2N2O/c1-9-11(16)3-2-4-13(9)20-15(21)8-19-14-6-5-10(17)7-12(14)18/h2-7,19H,8H2,1H3,(H,20,21). The number of hydrogen-bond donors (Lipinski definition) is 2. The number of nitrogens with one attached hydrogen (secondary N) is 2. The lowest BCUT2D eigenvalue weighted by Gasteiger charge is -2.11. The van der Waals surface area contributed by atoms with Crippen LogP contribution in [-0.2, 0) is 4.79 Å². The van der Waals surface area contributed by atoms with Crippen LogP contribution >= 0.6 is 11.6 Å². The lowest BCUT2D eigenvalue weighted by Crippen LogP contribution is -2.22. The fourth-order valence-electron chi connectivity index (χ4n) is 1.75. The molecule has 0 aromatic heterocycles. The Morgan fingerprint density at radius 2 is 1.95 bits per heavy atom. The van der Waals surface area contributed by atoms with E-state index in [0.717, 1.165) is 17.7 Å². The van der Waals surface area contributed by atoms with Crippen LogP contribution in [0.4, 0.5) is 20.2 Å². The summed E-state index contributed by atoms with van der Waals surface area (Å²) < 4.78 is 26.1. The number of carbonyl (C=O) groups excluding carboxylic acids is 1. The van der Waals surface area contributed by atoms with Gasteiger partial charge in [-0.05, 0) is 36.8 Å². The van der Waals surface area contributed by atoms with Gasteiger partial charge in [0.2, 0.25) is 5.91 Å². The molecule has 21 heavy (non-hydrogen) atoms. The number of amides is 1. The van der Waals surface area contributed by atoms with E-state index in [9.17, 15) is 13.6 Å². The van der Waals surface area contributed by atoms with E-state index >= 15 is 0 Å². The molecule has 2 aromatic carbocycles. The quantitative estimate of drug-likeness (QED) is 0.897. The Morgan fingerprint density at radius 3 is 2.67 bits per heavy atom. The first-order chi connectivity index (χ1) is 9.97. The van der Waals surface area contributed by atoms with Crippen LogP contribution < -0.4 is 10.6 Å². The van der Waals surface area contributed by atoms with Crippen LogP contribution in [0.1, 0.15) is 5.56 Å². The van der Waals surface area contributed by atoms with E-state index in [0.29, 0.717) is 10.7 Å². The lowest BCUT2D eigenvalue weighted by molar-refractivity contribution is -0.114. The van der Waals surface area contributed by atoms with Gasteiger partial charge < -0.3 is 10.6 Å². The van der Waals surface area contributed by atoms with Crippen molar-refractivity contribution in [3.8, 4) is 0 Å². The molecule has 0 bridgehead atoms.